The van der Waals surface area contributed by atoms with Gasteiger partial charge in [0.1, 0.15) is 16.9 Å². The van der Waals surface area contributed by atoms with Crippen molar-refractivity contribution in [3.8, 4) is 0 Å². The minimum Gasteiger partial charge on any atom is -0.325 e. The number of rotatable bonds is 5. The highest BCUT2D eigenvalue weighted by molar-refractivity contribution is 7.92. The molecule has 0 bridgehead atoms. The number of nitrogens with one attached hydrogen (secondary N) is 2. The van der Waals surface area contributed by atoms with E-state index >= 15 is 0 Å². The Bertz CT molecular complexity index is 832. The van der Waals surface area contributed by atoms with Crippen LogP contribution in [-0.2, 0) is 21.1 Å². The molecule has 1 aromatic carbocycles. The number of benzene rings is 1. The number of carbonyl (C=O) groups is 1. The van der Waals surface area contributed by atoms with Crippen molar-refractivity contribution in [1.82, 2.24) is 15.2 Å². The minimum atomic E-state index is -4.03. The van der Waals surface area contributed by atoms with E-state index in [1.54, 1.807) is 13.8 Å². The summed E-state index contributed by atoms with van der Waals surface area (Å²) in [6, 6.07) is 4.12. The van der Waals surface area contributed by atoms with Gasteiger partial charge in [-0.05, 0) is 31.5 Å². The zero-order valence-corrected chi connectivity index (χ0v) is 13.7. The van der Waals surface area contributed by atoms with Crippen molar-refractivity contribution in [1.29, 1.82) is 0 Å². The number of H-pyrrole nitrogens is 1. The molecule has 1 atom stereocenters. The van der Waals surface area contributed by atoms with Crippen LogP contribution in [0.2, 0.25) is 0 Å². The van der Waals surface area contributed by atoms with E-state index in [0.717, 1.165) is 6.07 Å². The lowest BCUT2D eigenvalue weighted by atomic mass is 10.2. The third kappa shape index (κ3) is 3.55. The first kappa shape index (κ1) is 17.1. The van der Waals surface area contributed by atoms with Crippen LogP contribution in [0.15, 0.2) is 23.4 Å². The Morgan fingerprint density at radius 3 is 2.70 bits per heavy atom. The molecule has 0 aliphatic carbocycles. The Labute approximate surface area is 133 Å². The van der Waals surface area contributed by atoms with Crippen molar-refractivity contribution in [2.24, 2.45) is 0 Å². The first-order valence-corrected chi connectivity index (χ1v) is 8.52. The van der Waals surface area contributed by atoms with Gasteiger partial charge in [-0.15, -0.1) is 5.10 Å². The number of hydrogen-bond acceptors (Lipinski definition) is 5. The van der Waals surface area contributed by atoms with Gasteiger partial charge in [0.2, 0.25) is 15.7 Å². The second-order valence-electron chi connectivity index (χ2n) is 5.06. The predicted molar refractivity (Wildman–Crippen MR) is 82.2 cm³/mol. The van der Waals surface area contributed by atoms with Gasteiger partial charge >= 0.3 is 0 Å². The highest BCUT2D eigenvalue weighted by Gasteiger charge is 2.33. The van der Waals surface area contributed by atoms with Crippen molar-refractivity contribution in [3.05, 3.63) is 35.4 Å². The summed E-state index contributed by atoms with van der Waals surface area (Å²) < 4.78 is 38.1. The fourth-order valence-electron chi connectivity index (χ4n) is 1.78. The third-order valence-corrected chi connectivity index (χ3v) is 5.21. The molecule has 0 aliphatic rings. The van der Waals surface area contributed by atoms with E-state index < -0.39 is 32.0 Å². The van der Waals surface area contributed by atoms with Gasteiger partial charge in [-0.2, -0.15) is 0 Å². The average molecular weight is 340 g/mol. The van der Waals surface area contributed by atoms with Crippen LogP contribution >= 0.6 is 0 Å². The molecule has 2 rings (SSSR count). The molecule has 0 saturated heterocycles. The molecule has 1 unspecified atom stereocenters. The molecule has 0 aliphatic heterocycles. The zero-order valence-electron chi connectivity index (χ0n) is 12.9. The fourth-order valence-corrected chi connectivity index (χ4v) is 2.84. The molecule has 2 aromatic rings. The summed E-state index contributed by atoms with van der Waals surface area (Å²) in [6.07, 6.45) is 0.492. The van der Waals surface area contributed by atoms with Crippen molar-refractivity contribution >= 4 is 21.4 Å². The molecule has 0 saturated carbocycles. The van der Waals surface area contributed by atoms with E-state index in [9.17, 15) is 17.6 Å². The van der Waals surface area contributed by atoms with Crippen molar-refractivity contribution < 1.29 is 17.6 Å². The number of aromatic amines is 1. The molecule has 1 amide bonds. The summed E-state index contributed by atoms with van der Waals surface area (Å²) in [4.78, 5) is 16.0. The number of amides is 1. The van der Waals surface area contributed by atoms with Gasteiger partial charge in [-0.3, -0.25) is 9.89 Å². The molecule has 9 heteroatoms. The predicted octanol–water partition coefficient (Wildman–Crippen LogP) is 1.62. The molecule has 2 N–H and O–H groups in total. The van der Waals surface area contributed by atoms with Crippen LogP contribution in [0.25, 0.3) is 0 Å². The number of sulfone groups is 1. The first-order valence-electron chi connectivity index (χ1n) is 6.98. The van der Waals surface area contributed by atoms with E-state index in [4.69, 9.17) is 0 Å². The summed E-state index contributed by atoms with van der Waals surface area (Å²) >= 11 is 0. The van der Waals surface area contributed by atoms with Crippen LogP contribution in [-0.4, -0.2) is 34.8 Å². The van der Waals surface area contributed by atoms with Crippen LogP contribution in [0.3, 0.4) is 0 Å². The smallest absolute Gasteiger partial charge is 0.267 e. The lowest BCUT2D eigenvalue weighted by molar-refractivity contribution is -0.115. The second kappa shape index (κ2) is 6.45. The molecule has 0 radical (unpaired) electrons. The van der Waals surface area contributed by atoms with E-state index in [1.807, 2.05) is 0 Å². The highest BCUT2D eigenvalue weighted by Crippen LogP contribution is 2.17. The zero-order chi connectivity index (χ0) is 17.2. The summed E-state index contributed by atoms with van der Waals surface area (Å²) in [5.74, 6) is -0.854. The highest BCUT2D eigenvalue weighted by atomic mass is 32.2. The van der Waals surface area contributed by atoms with E-state index in [0.29, 0.717) is 17.8 Å². The first-order chi connectivity index (χ1) is 10.8. The topological polar surface area (TPSA) is 105 Å². The van der Waals surface area contributed by atoms with Crippen molar-refractivity contribution in [2.45, 2.75) is 37.6 Å². The number of aryl methyl sites for hydroxylation is 2. The molecular weight excluding hydrogens is 323 g/mol. The largest absolute Gasteiger partial charge is 0.325 e. The molecule has 0 fully saturated rings. The van der Waals surface area contributed by atoms with Gasteiger partial charge < -0.3 is 5.32 Å². The number of hydrogen-bond donors (Lipinski definition) is 2. The van der Waals surface area contributed by atoms with Gasteiger partial charge in [-0.25, -0.2) is 17.8 Å². The molecule has 1 aromatic heterocycles. The molecule has 1 heterocycles. The quantitative estimate of drug-likeness (QED) is 0.860. The maximum Gasteiger partial charge on any atom is 0.267 e. The Balaban J connectivity index is 2.19. The van der Waals surface area contributed by atoms with Gasteiger partial charge in [0.15, 0.2) is 0 Å². The van der Waals surface area contributed by atoms with Crippen LogP contribution in [0.4, 0.5) is 10.1 Å². The van der Waals surface area contributed by atoms with Gasteiger partial charge in [0.05, 0.1) is 0 Å². The van der Waals surface area contributed by atoms with Crippen LogP contribution < -0.4 is 5.32 Å². The summed E-state index contributed by atoms with van der Waals surface area (Å²) in [5.41, 5.74) is 0.612. The lowest BCUT2D eigenvalue weighted by Gasteiger charge is -2.11. The lowest BCUT2D eigenvalue weighted by Crippen LogP contribution is -2.33. The Hall–Kier alpha value is -2.29. The van der Waals surface area contributed by atoms with Crippen LogP contribution in [0, 0.1) is 12.7 Å². The van der Waals surface area contributed by atoms with E-state index in [2.05, 4.69) is 20.5 Å². The fraction of sp³-hybridized carbons (Fsp3) is 0.357. The Morgan fingerprint density at radius 1 is 1.43 bits per heavy atom. The number of halogens is 1. The Morgan fingerprint density at radius 2 is 2.13 bits per heavy atom. The van der Waals surface area contributed by atoms with Crippen molar-refractivity contribution in [2.75, 3.05) is 5.32 Å². The van der Waals surface area contributed by atoms with E-state index in [1.165, 1.54) is 19.1 Å². The normalized spacial score (nSPS) is 12.9. The van der Waals surface area contributed by atoms with Crippen LogP contribution in [0.5, 0.6) is 0 Å². The van der Waals surface area contributed by atoms with Crippen molar-refractivity contribution in [3.63, 3.8) is 0 Å². The summed E-state index contributed by atoms with van der Waals surface area (Å²) in [6.45, 7) is 4.61. The number of anilines is 1. The SMILES string of the molecule is CCc1nc(S(=O)(=O)C(C)C(=O)Nc2ccc(C)c(F)c2)n[nH]1. The Kier molecular flexibility index (Phi) is 4.79. The number of aromatic nitrogens is 3. The molecule has 124 valence electrons. The van der Waals surface area contributed by atoms with Gasteiger partial charge in [0, 0.05) is 12.1 Å². The third-order valence-electron chi connectivity index (χ3n) is 3.37. The standard InChI is InChI=1S/C14H17FN4O3S/c1-4-12-17-14(19-18-12)23(21,22)9(3)13(20)16-10-6-5-8(2)11(15)7-10/h5-7,9H,4H2,1-3H3,(H,16,20)(H,17,18,19). The molecule has 0 spiro atoms. The maximum atomic E-state index is 13.5. The number of nitrogens with zero attached hydrogens (tertiary/aromatic N) is 2. The van der Waals surface area contributed by atoms with Gasteiger partial charge in [-0.1, -0.05) is 13.0 Å². The number of carbonyl (C=O) groups excluding carboxylic acids is 1. The van der Waals surface area contributed by atoms with Gasteiger partial charge in [0.25, 0.3) is 5.16 Å². The average Bonchev–Trinajstić information content (AvgIpc) is 3.00. The monoisotopic (exact) mass is 340 g/mol. The summed E-state index contributed by atoms with van der Waals surface area (Å²) in [5, 5.41) is 6.68. The maximum absolute atomic E-state index is 13.5. The van der Waals surface area contributed by atoms with Crippen LogP contribution in [0.1, 0.15) is 25.2 Å². The molecule has 23 heavy (non-hydrogen) atoms. The van der Waals surface area contributed by atoms with E-state index in [-0.39, 0.29) is 5.69 Å². The molecular formula is C14H17FN4O3S. The summed E-state index contributed by atoms with van der Waals surface area (Å²) in [7, 11) is -4.03. The molecule has 7 nitrogen and oxygen atoms in total. The minimum absolute atomic E-state index is 0.185. The second-order valence-corrected chi connectivity index (χ2v) is 7.22.